The minimum atomic E-state index is -4.28. The quantitative estimate of drug-likeness (QED) is 0.778. The Morgan fingerprint density at radius 2 is 1.74 bits per heavy atom. The van der Waals surface area contributed by atoms with Gasteiger partial charge in [0.15, 0.2) is 17.5 Å². The van der Waals surface area contributed by atoms with Crippen LogP contribution in [0.1, 0.15) is 18.1 Å². The van der Waals surface area contributed by atoms with Gasteiger partial charge < -0.3 is 0 Å². The summed E-state index contributed by atoms with van der Waals surface area (Å²) in [6, 6.07) is 8.53. The molecule has 0 N–H and O–H groups in total. The topological polar surface area (TPSA) is 37.4 Å². The Labute approximate surface area is 133 Å². The summed E-state index contributed by atoms with van der Waals surface area (Å²) < 4.78 is 66.3. The normalized spacial score (nSPS) is 11.9. The maximum atomic E-state index is 13.8. The Morgan fingerprint density at radius 3 is 2.35 bits per heavy atom. The van der Waals surface area contributed by atoms with Crippen molar-refractivity contribution >= 4 is 10.0 Å². The highest BCUT2D eigenvalue weighted by molar-refractivity contribution is 7.89. The second kappa shape index (κ2) is 6.72. The molecular formula is C16H16F3NO2S. The molecule has 2 aromatic rings. The van der Waals surface area contributed by atoms with Gasteiger partial charge in [0, 0.05) is 13.1 Å². The summed E-state index contributed by atoms with van der Waals surface area (Å²) in [6.07, 6.45) is 0. The first kappa shape index (κ1) is 17.5. The van der Waals surface area contributed by atoms with Crippen molar-refractivity contribution in [2.45, 2.75) is 25.3 Å². The van der Waals surface area contributed by atoms with Crippen molar-refractivity contribution < 1.29 is 21.6 Å². The molecule has 0 spiro atoms. The molecule has 0 aliphatic rings. The highest BCUT2D eigenvalue weighted by atomic mass is 32.2. The van der Waals surface area contributed by atoms with Crippen LogP contribution in [0.2, 0.25) is 0 Å². The summed E-state index contributed by atoms with van der Waals surface area (Å²) in [5, 5.41) is 0. The van der Waals surface area contributed by atoms with Gasteiger partial charge in [-0.15, -0.1) is 0 Å². The third-order valence-corrected chi connectivity index (χ3v) is 5.35. The number of hydrogen-bond acceptors (Lipinski definition) is 2. The number of rotatable bonds is 5. The van der Waals surface area contributed by atoms with Gasteiger partial charge >= 0.3 is 0 Å². The van der Waals surface area contributed by atoms with Crippen LogP contribution in [0.4, 0.5) is 13.2 Å². The Morgan fingerprint density at radius 1 is 1.04 bits per heavy atom. The molecular weight excluding hydrogens is 327 g/mol. The lowest BCUT2D eigenvalue weighted by atomic mass is 10.1. The number of aryl methyl sites for hydroxylation is 1. The Bertz CT molecular complexity index is 822. The molecule has 0 bridgehead atoms. The molecule has 0 aliphatic carbocycles. The van der Waals surface area contributed by atoms with Gasteiger partial charge in [-0.25, -0.2) is 21.6 Å². The highest BCUT2D eigenvalue weighted by Gasteiger charge is 2.29. The summed E-state index contributed by atoms with van der Waals surface area (Å²) in [5.74, 6) is -4.92. The van der Waals surface area contributed by atoms with E-state index in [0.29, 0.717) is 6.07 Å². The predicted molar refractivity (Wildman–Crippen MR) is 80.8 cm³/mol. The lowest BCUT2D eigenvalue weighted by Crippen LogP contribution is -2.31. The molecule has 0 amide bonds. The van der Waals surface area contributed by atoms with E-state index >= 15 is 0 Å². The zero-order chi connectivity index (χ0) is 17.2. The summed E-state index contributed by atoms with van der Waals surface area (Å²) in [4.78, 5) is -0.870. The van der Waals surface area contributed by atoms with E-state index in [-0.39, 0.29) is 13.1 Å². The van der Waals surface area contributed by atoms with Crippen LogP contribution in [0.15, 0.2) is 41.3 Å². The third-order valence-electron chi connectivity index (χ3n) is 3.41. The van der Waals surface area contributed by atoms with E-state index < -0.39 is 32.4 Å². The summed E-state index contributed by atoms with van der Waals surface area (Å²) in [5.41, 5.74) is 1.67. The zero-order valence-electron chi connectivity index (χ0n) is 12.7. The monoisotopic (exact) mass is 343 g/mol. The van der Waals surface area contributed by atoms with Crippen LogP contribution in [0.25, 0.3) is 0 Å². The first-order chi connectivity index (χ1) is 10.8. The first-order valence-electron chi connectivity index (χ1n) is 6.96. The molecule has 3 nitrogen and oxygen atoms in total. The van der Waals surface area contributed by atoms with Crippen molar-refractivity contribution in [3.8, 4) is 0 Å². The first-order valence-corrected chi connectivity index (χ1v) is 8.40. The van der Waals surface area contributed by atoms with Crippen LogP contribution < -0.4 is 0 Å². The molecule has 2 aromatic carbocycles. The third kappa shape index (κ3) is 3.56. The molecule has 124 valence electrons. The fourth-order valence-electron chi connectivity index (χ4n) is 2.23. The van der Waals surface area contributed by atoms with Gasteiger partial charge in [-0.2, -0.15) is 4.31 Å². The van der Waals surface area contributed by atoms with Gasteiger partial charge in [-0.05, 0) is 24.6 Å². The van der Waals surface area contributed by atoms with Gasteiger partial charge in [0.25, 0.3) is 0 Å². The van der Waals surface area contributed by atoms with Gasteiger partial charge in [0.1, 0.15) is 4.90 Å². The molecule has 0 unspecified atom stereocenters. The maximum absolute atomic E-state index is 13.8. The minimum Gasteiger partial charge on any atom is -0.207 e. The summed E-state index contributed by atoms with van der Waals surface area (Å²) >= 11 is 0. The van der Waals surface area contributed by atoms with E-state index in [0.717, 1.165) is 21.5 Å². The Balaban J connectivity index is 2.42. The number of nitrogens with zero attached hydrogens (tertiary/aromatic N) is 1. The lowest BCUT2D eigenvalue weighted by Gasteiger charge is -2.21. The van der Waals surface area contributed by atoms with Gasteiger partial charge in [0.05, 0.1) is 0 Å². The molecule has 0 heterocycles. The lowest BCUT2D eigenvalue weighted by molar-refractivity contribution is 0.405. The van der Waals surface area contributed by atoms with Crippen molar-refractivity contribution in [3.63, 3.8) is 0 Å². The second-order valence-electron chi connectivity index (χ2n) is 5.09. The van der Waals surface area contributed by atoms with Crippen molar-refractivity contribution in [2.75, 3.05) is 6.54 Å². The molecule has 2 rings (SSSR count). The Hall–Kier alpha value is -1.86. The van der Waals surface area contributed by atoms with Crippen molar-refractivity contribution in [1.29, 1.82) is 0 Å². The van der Waals surface area contributed by atoms with E-state index in [1.54, 1.807) is 25.1 Å². The fourth-order valence-corrected chi connectivity index (χ4v) is 3.72. The van der Waals surface area contributed by atoms with E-state index in [2.05, 4.69) is 0 Å². The molecule has 0 aromatic heterocycles. The van der Waals surface area contributed by atoms with Gasteiger partial charge in [-0.1, -0.05) is 36.8 Å². The number of benzene rings is 2. The molecule has 0 atom stereocenters. The van der Waals surface area contributed by atoms with Gasteiger partial charge in [0.2, 0.25) is 10.0 Å². The molecule has 23 heavy (non-hydrogen) atoms. The average Bonchev–Trinajstić information content (AvgIpc) is 2.50. The molecule has 0 aliphatic heterocycles. The Kier molecular flexibility index (Phi) is 5.11. The number of halogens is 3. The van der Waals surface area contributed by atoms with E-state index in [1.807, 2.05) is 13.0 Å². The van der Waals surface area contributed by atoms with Crippen LogP contribution in [0.3, 0.4) is 0 Å². The van der Waals surface area contributed by atoms with Crippen LogP contribution >= 0.6 is 0 Å². The minimum absolute atomic E-state index is 0.0128. The largest absolute Gasteiger partial charge is 0.246 e. The summed E-state index contributed by atoms with van der Waals surface area (Å²) in [7, 11) is -4.28. The summed E-state index contributed by atoms with van der Waals surface area (Å²) in [6.45, 7) is 3.53. The van der Waals surface area contributed by atoms with Crippen molar-refractivity contribution in [2.24, 2.45) is 0 Å². The standard InChI is InChI=1S/C16H16F3NO2S/c1-3-20(10-12-6-4-5-11(2)9-12)23(21,22)14-8-7-13(17)15(18)16(14)19/h4-9H,3,10H2,1-2H3. The van der Waals surface area contributed by atoms with Gasteiger partial charge in [-0.3, -0.25) is 0 Å². The fraction of sp³-hybridized carbons (Fsp3) is 0.250. The molecule has 7 heteroatoms. The van der Waals surface area contributed by atoms with Crippen LogP contribution in [-0.4, -0.2) is 19.3 Å². The maximum Gasteiger partial charge on any atom is 0.246 e. The highest BCUT2D eigenvalue weighted by Crippen LogP contribution is 2.24. The van der Waals surface area contributed by atoms with E-state index in [1.165, 1.54) is 0 Å². The van der Waals surface area contributed by atoms with Crippen LogP contribution in [0.5, 0.6) is 0 Å². The molecule has 0 fully saturated rings. The predicted octanol–water partition coefficient (Wildman–Crippen LogP) is 3.62. The van der Waals surface area contributed by atoms with Crippen LogP contribution in [0, 0.1) is 24.4 Å². The molecule has 0 saturated carbocycles. The zero-order valence-corrected chi connectivity index (χ0v) is 13.5. The molecule has 0 radical (unpaired) electrons. The van der Waals surface area contributed by atoms with E-state index in [4.69, 9.17) is 0 Å². The van der Waals surface area contributed by atoms with Crippen molar-refractivity contribution in [3.05, 3.63) is 65.0 Å². The number of sulfonamides is 1. The smallest absolute Gasteiger partial charge is 0.207 e. The second-order valence-corrected chi connectivity index (χ2v) is 7.00. The van der Waals surface area contributed by atoms with E-state index in [9.17, 15) is 21.6 Å². The average molecular weight is 343 g/mol. The molecule has 0 saturated heterocycles. The van der Waals surface area contributed by atoms with Crippen LogP contribution in [-0.2, 0) is 16.6 Å². The SMILES string of the molecule is CCN(Cc1cccc(C)c1)S(=O)(=O)c1ccc(F)c(F)c1F. The number of hydrogen-bond donors (Lipinski definition) is 0. The van der Waals surface area contributed by atoms with Crippen molar-refractivity contribution in [1.82, 2.24) is 4.31 Å².